The summed E-state index contributed by atoms with van der Waals surface area (Å²) >= 11 is 0. The molecule has 0 unspecified atom stereocenters. The number of amides is 2. The van der Waals surface area contributed by atoms with Crippen LogP contribution in [0.3, 0.4) is 0 Å². The molecular weight excluding hydrogens is 434 g/mol. The first kappa shape index (κ1) is 23.2. The van der Waals surface area contributed by atoms with E-state index < -0.39 is 5.91 Å². The standard InChI is InChI=1S/C24H27N7O3/c1-29(19-7-10-30(11-8-19)21-5-2-17(14-25)15-27-21)22(32)16-34-13-12-31-9-6-18-3-4-20(23(26)33)28-24(18)31/h2-6,9,15,19H,7-8,10-13,16H2,1H3,(H2,26,33). The van der Waals surface area contributed by atoms with Gasteiger partial charge in [-0.15, -0.1) is 0 Å². The van der Waals surface area contributed by atoms with Crippen LogP contribution in [0.15, 0.2) is 42.7 Å². The predicted octanol–water partition coefficient (Wildman–Crippen LogP) is 1.55. The van der Waals surface area contributed by atoms with Gasteiger partial charge in [0, 0.05) is 50.5 Å². The molecule has 10 heteroatoms. The topological polar surface area (TPSA) is 130 Å². The number of primary amides is 1. The zero-order valence-electron chi connectivity index (χ0n) is 19.1. The lowest BCUT2D eigenvalue weighted by molar-refractivity contribution is -0.137. The largest absolute Gasteiger partial charge is 0.370 e. The summed E-state index contributed by atoms with van der Waals surface area (Å²) in [6.45, 7) is 2.44. The van der Waals surface area contributed by atoms with Crippen LogP contribution in [0.4, 0.5) is 5.82 Å². The van der Waals surface area contributed by atoms with Crippen LogP contribution in [0, 0.1) is 11.3 Å². The van der Waals surface area contributed by atoms with Crippen molar-refractivity contribution in [1.29, 1.82) is 5.26 Å². The van der Waals surface area contributed by atoms with Crippen molar-refractivity contribution >= 4 is 28.7 Å². The van der Waals surface area contributed by atoms with Crippen LogP contribution < -0.4 is 10.6 Å². The van der Waals surface area contributed by atoms with Crippen LogP contribution in [-0.4, -0.2) is 70.6 Å². The lowest BCUT2D eigenvalue weighted by Crippen LogP contribution is -2.46. The average Bonchev–Trinajstić information content (AvgIpc) is 3.28. The molecule has 10 nitrogen and oxygen atoms in total. The number of aromatic nitrogens is 3. The molecule has 4 heterocycles. The summed E-state index contributed by atoms with van der Waals surface area (Å²) < 4.78 is 7.52. The molecule has 2 amide bonds. The van der Waals surface area contributed by atoms with E-state index in [1.165, 1.54) is 0 Å². The Labute approximate surface area is 197 Å². The maximum absolute atomic E-state index is 12.6. The molecule has 0 bridgehead atoms. The van der Waals surface area contributed by atoms with Crippen LogP contribution in [0.25, 0.3) is 11.0 Å². The molecule has 0 spiro atoms. The molecule has 1 aliphatic heterocycles. The van der Waals surface area contributed by atoms with E-state index in [0.29, 0.717) is 24.4 Å². The molecule has 34 heavy (non-hydrogen) atoms. The summed E-state index contributed by atoms with van der Waals surface area (Å²) in [6.07, 6.45) is 5.13. The monoisotopic (exact) mass is 461 g/mol. The number of piperidine rings is 1. The Morgan fingerprint density at radius 3 is 2.71 bits per heavy atom. The van der Waals surface area contributed by atoms with E-state index in [0.717, 1.165) is 37.1 Å². The van der Waals surface area contributed by atoms with Crippen LogP contribution in [-0.2, 0) is 16.1 Å². The Hall–Kier alpha value is -3.97. The van der Waals surface area contributed by atoms with Gasteiger partial charge < -0.3 is 24.8 Å². The summed E-state index contributed by atoms with van der Waals surface area (Å²) in [5, 5.41) is 9.82. The van der Waals surface area contributed by atoms with Gasteiger partial charge >= 0.3 is 0 Å². The molecule has 176 valence electrons. The Morgan fingerprint density at radius 1 is 1.24 bits per heavy atom. The van der Waals surface area contributed by atoms with Gasteiger partial charge in [-0.2, -0.15) is 5.26 Å². The first-order valence-corrected chi connectivity index (χ1v) is 11.2. The molecule has 3 aromatic rings. The minimum absolute atomic E-state index is 0.00700. The zero-order valence-corrected chi connectivity index (χ0v) is 19.1. The summed E-state index contributed by atoms with van der Waals surface area (Å²) in [7, 11) is 1.82. The van der Waals surface area contributed by atoms with Gasteiger partial charge in [-0.3, -0.25) is 9.59 Å². The van der Waals surface area contributed by atoms with E-state index in [2.05, 4.69) is 20.9 Å². The number of carbonyl (C=O) groups is 2. The Bertz CT molecular complexity index is 1210. The number of nitriles is 1. The number of likely N-dealkylation sites (N-methyl/N-ethyl adjacent to an activating group) is 1. The highest BCUT2D eigenvalue weighted by molar-refractivity contribution is 5.93. The minimum atomic E-state index is -0.571. The second-order valence-electron chi connectivity index (χ2n) is 8.28. The van der Waals surface area contributed by atoms with Crippen molar-refractivity contribution in [3.63, 3.8) is 0 Å². The van der Waals surface area contributed by atoms with Crippen LogP contribution in [0.5, 0.6) is 0 Å². The van der Waals surface area contributed by atoms with Gasteiger partial charge in [0.05, 0.1) is 12.2 Å². The van der Waals surface area contributed by atoms with Gasteiger partial charge in [-0.25, -0.2) is 9.97 Å². The molecule has 3 aromatic heterocycles. The number of ether oxygens (including phenoxy) is 1. The number of hydrogen-bond acceptors (Lipinski definition) is 7. The Kier molecular flexibility index (Phi) is 7.04. The molecule has 4 rings (SSSR count). The van der Waals surface area contributed by atoms with Crippen molar-refractivity contribution in [2.24, 2.45) is 5.73 Å². The van der Waals surface area contributed by atoms with Gasteiger partial charge in [-0.1, -0.05) is 0 Å². The average molecular weight is 462 g/mol. The van der Waals surface area contributed by atoms with Crippen molar-refractivity contribution in [3.05, 3.63) is 54.0 Å². The van der Waals surface area contributed by atoms with Crippen LogP contribution >= 0.6 is 0 Å². The van der Waals surface area contributed by atoms with Crippen LogP contribution in [0.2, 0.25) is 0 Å². The third kappa shape index (κ3) is 5.15. The summed E-state index contributed by atoms with van der Waals surface area (Å²) in [5.74, 6) is 0.227. The molecule has 1 fully saturated rings. The van der Waals surface area contributed by atoms with E-state index in [1.807, 2.05) is 29.9 Å². The molecular formula is C24H27N7O3. The predicted molar refractivity (Wildman–Crippen MR) is 126 cm³/mol. The number of nitrogens with zero attached hydrogens (tertiary/aromatic N) is 6. The van der Waals surface area contributed by atoms with Gasteiger partial charge in [-0.05, 0) is 43.2 Å². The molecule has 0 saturated carbocycles. The van der Waals surface area contributed by atoms with Gasteiger partial charge in [0.25, 0.3) is 5.91 Å². The molecule has 0 radical (unpaired) electrons. The molecule has 0 aliphatic carbocycles. The fourth-order valence-corrected chi connectivity index (χ4v) is 4.13. The summed E-state index contributed by atoms with van der Waals surface area (Å²) in [4.78, 5) is 36.6. The fourth-order valence-electron chi connectivity index (χ4n) is 4.13. The van der Waals surface area contributed by atoms with E-state index >= 15 is 0 Å². The van der Waals surface area contributed by atoms with E-state index in [-0.39, 0.29) is 24.2 Å². The number of hydrogen-bond donors (Lipinski definition) is 1. The lowest BCUT2D eigenvalue weighted by Gasteiger charge is -2.37. The number of fused-ring (bicyclic) bond motifs is 1. The van der Waals surface area contributed by atoms with Crippen molar-refractivity contribution in [2.75, 3.05) is 38.3 Å². The molecule has 0 atom stereocenters. The SMILES string of the molecule is CN(C(=O)COCCn1ccc2ccc(C(N)=O)nc21)C1CCN(c2ccc(C#N)cn2)CC1. The van der Waals surface area contributed by atoms with Gasteiger partial charge in [0.15, 0.2) is 0 Å². The quantitative estimate of drug-likeness (QED) is 0.504. The van der Waals surface area contributed by atoms with Crippen molar-refractivity contribution < 1.29 is 14.3 Å². The van der Waals surface area contributed by atoms with Crippen molar-refractivity contribution in [3.8, 4) is 6.07 Å². The number of nitrogens with two attached hydrogens (primary N) is 1. The van der Waals surface area contributed by atoms with Gasteiger partial charge in [0.2, 0.25) is 5.91 Å². The number of pyridine rings is 2. The lowest BCUT2D eigenvalue weighted by atomic mass is 10.0. The Balaban J connectivity index is 1.22. The second-order valence-corrected chi connectivity index (χ2v) is 8.28. The number of carbonyl (C=O) groups excluding carboxylic acids is 2. The number of rotatable bonds is 8. The highest BCUT2D eigenvalue weighted by Crippen LogP contribution is 2.21. The summed E-state index contributed by atoms with van der Waals surface area (Å²) in [6, 6.07) is 11.2. The normalized spacial score (nSPS) is 14.2. The maximum atomic E-state index is 12.6. The van der Waals surface area contributed by atoms with E-state index in [1.54, 1.807) is 29.3 Å². The van der Waals surface area contributed by atoms with Crippen LogP contribution in [0.1, 0.15) is 28.9 Å². The second kappa shape index (κ2) is 10.3. The summed E-state index contributed by atoms with van der Waals surface area (Å²) in [5.41, 5.74) is 6.74. The zero-order chi connectivity index (χ0) is 24.1. The van der Waals surface area contributed by atoms with Crippen molar-refractivity contribution in [2.45, 2.75) is 25.4 Å². The Morgan fingerprint density at radius 2 is 2.03 bits per heavy atom. The third-order valence-electron chi connectivity index (χ3n) is 6.17. The third-order valence-corrected chi connectivity index (χ3v) is 6.17. The first-order valence-electron chi connectivity index (χ1n) is 11.2. The van der Waals surface area contributed by atoms with E-state index in [4.69, 9.17) is 15.7 Å². The smallest absolute Gasteiger partial charge is 0.267 e. The minimum Gasteiger partial charge on any atom is -0.370 e. The van der Waals surface area contributed by atoms with Crippen molar-refractivity contribution in [1.82, 2.24) is 19.4 Å². The first-order chi connectivity index (χ1) is 16.5. The van der Waals surface area contributed by atoms with Gasteiger partial charge in [0.1, 0.15) is 29.8 Å². The molecule has 2 N–H and O–H groups in total. The van der Waals surface area contributed by atoms with E-state index in [9.17, 15) is 9.59 Å². The molecule has 0 aromatic carbocycles. The fraction of sp³-hybridized carbons (Fsp3) is 0.375. The number of anilines is 1. The maximum Gasteiger partial charge on any atom is 0.267 e. The molecule has 1 aliphatic rings. The highest BCUT2D eigenvalue weighted by Gasteiger charge is 2.26. The molecule has 1 saturated heterocycles. The highest BCUT2D eigenvalue weighted by atomic mass is 16.5.